The standard InChI is InChI=1S/C13H13ClN2O/c14-11-4-2-1-3-10(11)12-8-17-13(16-12)9-5-6-15-7-9/h1-4,8-9,15H,5-7H2. The Morgan fingerprint density at radius 2 is 2.24 bits per heavy atom. The van der Waals surface area contributed by atoms with Gasteiger partial charge in [0.15, 0.2) is 5.89 Å². The van der Waals surface area contributed by atoms with Gasteiger partial charge in [0.2, 0.25) is 0 Å². The van der Waals surface area contributed by atoms with Crippen LogP contribution < -0.4 is 5.32 Å². The van der Waals surface area contributed by atoms with E-state index in [2.05, 4.69) is 10.3 Å². The molecule has 1 aromatic heterocycles. The van der Waals surface area contributed by atoms with Gasteiger partial charge in [0.05, 0.1) is 5.02 Å². The summed E-state index contributed by atoms with van der Waals surface area (Å²) in [4.78, 5) is 4.53. The van der Waals surface area contributed by atoms with E-state index in [-0.39, 0.29) is 0 Å². The molecule has 0 amide bonds. The second-order valence-electron chi connectivity index (χ2n) is 4.24. The van der Waals surface area contributed by atoms with Crippen molar-refractivity contribution in [1.82, 2.24) is 10.3 Å². The Labute approximate surface area is 105 Å². The average Bonchev–Trinajstić information content (AvgIpc) is 3.00. The largest absolute Gasteiger partial charge is 0.448 e. The van der Waals surface area contributed by atoms with Crippen LogP contribution >= 0.6 is 11.6 Å². The van der Waals surface area contributed by atoms with Gasteiger partial charge in [-0.1, -0.05) is 29.8 Å². The molecule has 1 aliphatic heterocycles. The Morgan fingerprint density at radius 3 is 3.00 bits per heavy atom. The van der Waals surface area contributed by atoms with E-state index < -0.39 is 0 Å². The molecule has 1 unspecified atom stereocenters. The van der Waals surface area contributed by atoms with E-state index >= 15 is 0 Å². The smallest absolute Gasteiger partial charge is 0.199 e. The molecule has 1 fully saturated rings. The fraction of sp³-hybridized carbons (Fsp3) is 0.308. The van der Waals surface area contributed by atoms with E-state index in [1.807, 2.05) is 24.3 Å². The second kappa shape index (κ2) is 4.51. The van der Waals surface area contributed by atoms with Gasteiger partial charge in [-0.05, 0) is 19.0 Å². The minimum Gasteiger partial charge on any atom is -0.448 e. The summed E-state index contributed by atoms with van der Waals surface area (Å²) in [6, 6.07) is 7.68. The lowest BCUT2D eigenvalue weighted by Crippen LogP contribution is -2.08. The van der Waals surface area contributed by atoms with Gasteiger partial charge in [-0.3, -0.25) is 0 Å². The number of benzene rings is 1. The highest BCUT2D eigenvalue weighted by molar-refractivity contribution is 6.33. The summed E-state index contributed by atoms with van der Waals surface area (Å²) < 4.78 is 5.55. The van der Waals surface area contributed by atoms with Gasteiger partial charge in [-0.25, -0.2) is 4.98 Å². The Balaban J connectivity index is 1.92. The molecule has 88 valence electrons. The van der Waals surface area contributed by atoms with Crippen LogP contribution in [0.2, 0.25) is 5.02 Å². The third-order valence-corrected chi connectivity index (χ3v) is 3.41. The van der Waals surface area contributed by atoms with E-state index in [9.17, 15) is 0 Å². The number of hydrogen-bond acceptors (Lipinski definition) is 3. The summed E-state index contributed by atoms with van der Waals surface area (Å²) in [5.74, 6) is 1.20. The lowest BCUT2D eigenvalue weighted by atomic mass is 10.1. The van der Waals surface area contributed by atoms with Crippen LogP contribution in [0.15, 0.2) is 34.9 Å². The minimum absolute atomic E-state index is 0.395. The number of oxazole rings is 1. The molecule has 0 aliphatic carbocycles. The summed E-state index contributed by atoms with van der Waals surface area (Å²) in [7, 11) is 0. The number of nitrogens with one attached hydrogen (secondary N) is 1. The third-order valence-electron chi connectivity index (χ3n) is 3.08. The fourth-order valence-corrected chi connectivity index (χ4v) is 2.37. The molecule has 4 heteroatoms. The second-order valence-corrected chi connectivity index (χ2v) is 4.65. The number of aromatic nitrogens is 1. The molecule has 1 aromatic carbocycles. The first kappa shape index (κ1) is 10.8. The lowest BCUT2D eigenvalue weighted by Gasteiger charge is -2.01. The normalized spacial score (nSPS) is 19.7. The molecule has 0 radical (unpaired) electrons. The van der Waals surface area contributed by atoms with Gasteiger partial charge in [0.25, 0.3) is 0 Å². The molecule has 2 heterocycles. The molecule has 0 spiro atoms. The van der Waals surface area contributed by atoms with Crippen molar-refractivity contribution >= 4 is 11.6 Å². The molecule has 1 atom stereocenters. The molecular weight excluding hydrogens is 236 g/mol. The molecule has 1 aliphatic rings. The zero-order chi connectivity index (χ0) is 11.7. The number of hydrogen-bond donors (Lipinski definition) is 1. The monoisotopic (exact) mass is 248 g/mol. The lowest BCUT2D eigenvalue weighted by molar-refractivity contribution is 0.457. The van der Waals surface area contributed by atoms with Gasteiger partial charge in [-0.15, -0.1) is 0 Å². The van der Waals surface area contributed by atoms with Gasteiger partial charge in [0, 0.05) is 18.0 Å². The van der Waals surface area contributed by atoms with Gasteiger partial charge < -0.3 is 9.73 Å². The van der Waals surface area contributed by atoms with E-state index in [0.29, 0.717) is 10.9 Å². The van der Waals surface area contributed by atoms with Crippen molar-refractivity contribution in [3.8, 4) is 11.3 Å². The van der Waals surface area contributed by atoms with Crippen molar-refractivity contribution in [2.24, 2.45) is 0 Å². The van der Waals surface area contributed by atoms with E-state index in [1.165, 1.54) is 0 Å². The van der Waals surface area contributed by atoms with Crippen LogP contribution in [0.25, 0.3) is 11.3 Å². The number of nitrogens with zero attached hydrogens (tertiary/aromatic N) is 1. The molecule has 3 rings (SSSR count). The number of rotatable bonds is 2. The van der Waals surface area contributed by atoms with Crippen LogP contribution in [-0.2, 0) is 0 Å². The Bertz CT molecular complexity index is 518. The molecule has 1 N–H and O–H groups in total. The average molecular weight is 249 g/mol. The third kappa shape index (κ3) is 2.08. The summed E-state index contributed by atoms with van der Waals surface area (Å²) in [5, 5.41) is 4.01. The van der Waals surface area contributed by atoms with E-state index in [4.69, 9.17) is 16.0 Å². The molecule has 1 saturated heterocycles. The molecule has 3 nitrogen and oxygen atoms in total. The maximum Gasteiger partial charge on any atom is 0.199 e. The first-order valence-electron chi connectivity index (χ1n) is 5.75. The predicted octanol–water partition coefficient (Wildman–Crippen LogP) is 3.07. The van der Waals surface area contributed by atoms with Gasteiger partial charge >= 0.3 is 0 Å². The highest BCUT2D eigenvalue weighted by Crippen LogP contribution is 2.29. The van der Waals surface area contributed by atoms with Crippen molar-refractivity contribution in [1.29, 1.82) is 0 Å². The molecule has 0 saturated carbocycles. The van der Waals surface area contributed by atoms with E-state index in [0.717, 1.165) is 36.7 Å². The van der Waals surface area contributed by atoms with Crippen molar-refractivity contribution in [3.05, 3.63) is 41.4 Å². The minimum atomic E-state index is 0.395. The maximum atomic E-state index is 6.13. The Hall–Kier alpha value is -1.32. The zero-order valence-corrected chi connectivity index (χ0v) is 10.1. The SMILES string of the molecule is Clc1ccccc1-c1coc(C2CCNC2)n1. The molecule has 17 heavy (non-hydrogen) atoms. The van der Waals surface area contributed by atoms with Crippen molar-refractivity contribution in [3.63, 3.8) is 0 Å². The van der Waals surface area contributed by atoms with Crippen LogP contribution in [0, 0.1) is 0 Å². The highest BCUT2D eigenvalue weighted by Gasteiger charge is 2.22. The Kier molecular flexibility index (Phi) is 2.87. The van der Waals surface area contributed by atoms with Crippen LogP contribution in [0.3, 0.4) is 0 Å². The van der Waals surface area contributed by atoms with Crippen LogP contribution in [-0.4, -0.2) is 18.1 Å². The highest BCUT2D eigenvalue weighted by atomic mass is 35.5. The number of halogens is 1. The topological polar surface area (TPSA) is 38.1 Å². The molecule has 0 bridgehead atoms. The Morgan fingerprint density at radius 1 is 1.35 bits per heavy atom. The summed E-state index contributed by atoms with van der Waals surface area (Å²) >= 11 is 6.13. The van der Waals surface area contributed by atoms with Gasteiger partial charge in [0.1, 0.15) is 12.0 Å². The van der Waals surface area contributed by atoms with Crippen molar-refractivity contribution < 1.29 is 4.42 Å². The molecule has 2 aromatic rings. The summed E-state index contributed by atoms with van der Waals surface area (Å²) in [5.41, 5.74) is 1.74. The molecular formula is C13H13ClN2O. The first-order valence-corrected chi connectivity index (χ1v) is 6.13. The first-order chi connectivity index (χ1) is 8.34. The van der Waals surface area contributed by atoms with Crippen LogP contribution in [0.4, 0.5) is 0 Å². The fourth-order valence-electron chi connectivity index (χ4n) is 2.13. The maximum absolute atomic E-state index is 6.13. The van der Waals surface area contributed by atoms with Crippen LogP contribution in [0.1, 0.15) is 18.2 Å². The summed E-state index contributed by atoms with van der Waals surface area (Å²) in [6.07, 6.45) is 2.78. The van der Waals surface area contributed by atoms with Crippen molar-refractivity contribution in [2.75, 3.05) is 13.1 Å². The van der Waals surface area contributed by atoms with E-state index in [1.54, 1.807) is 6.26 Å². The van der Waals surface area contributed by atoms with Crippen molar-refractivity contribution in [2.45, 2.75) is 12.3 Å². The predicted molar refractivity (Wildman–Crippen MR) is 67.2 cm³/mol. The quantitative estimate of drug-likeness (QED) is 0.888. The summed E-state index contributed by atoms with van der Waals surface area (Å²) in [6.45, 7) is 1.98. The van der Waals surface area contributed by atoms with Crippen LogP contribution in [0.5, 0.6) is 0 Å². The van der Waals surface area contributed by atoms with Gasteiger partial charge in [-0.2, -0.15) is 0 Å². The zero-order valence-electron chi connectivity index (χ0n) is 9.32.